The van der Waals surface area contributed by atoms with E-state index in [1.165, 1.54) is 0 Å². The minimum Gasteiger partial charge on any atom is -0.396 e. The van der Waals surface area contributed by atoms with E-state index in [-0.39, 0.29) is 0 Å². The SMILES string of the molecule is CC1C(C)C1N(C)CCCCO. The monoisotopic (exact) mass is 171 g/mol. The van der Waals surface area contributed by atoms with E-state index in [4.69, 9.17) is 5.11 Å². The Morgan fingerprint density at radius 3 is 2.17 bits per heavy atom. The number of unbranched alkanes of at least 4 members (excludes halogenated alkanes) is 1. The van der Waals surface area contributed by atoms with Gasteiger partial charge in [0.1, 0.15) is 0 Å². The average molecular weight is 171 g/mol. The van der Waals surface area contributed by atoms with Gasteiger partial charge in [-0.05, 0) is 38.3 Å². The minimum atomic E-state index is 0.337. The molecule has 1 saturated carbocycles. The van der Waals surface area contributed by atoms with Gasteiger partial charge in [-0.2, -0.15) is 0 Å². The summed E-state index contributed by atoms with van der Waals surface area (Å²) in [6.45, 7) is 6.11. The number of hydrogen-bond donors (Lipinski definition) is 1. The van der Waals surface area contributed by atoms with Gasteiger partial charge in [0, 0.05) is 12.6 Å². The molecule has 0 bridgehead atoms. The lowest BCUT2D eigenvalue weighted by Gasteiger charge is -2.15. The molecule has 2 nitrogen and oxygen atoms in total. The molecule has 0 saturated heterocycles. The second-order valence-corrected chi connectivity index (χ2v) is 4.12. The Morgan fingerprint density at radius 1 is 1.17 bits per heavy atom. The molecular formula is C10H21NO. The fourth-order valence-electron chi connectivity index (χ4n) is 2.06. The van der Waals surface area contributed by atoms with E-state index in [1.807, 2.05) is 0 Å². The summed E-state index contributed by atoms with van der Waals surface area (Å²) in [5, 5.41) is 8.62. The van der Waals surface area contributed by atoms with Crippen LogP contribution in [0.4, 0.5) is 0 Å². The Morgan fingerprint density at radius 2 is 1.75 bits per heavy atom. The Hall–Kier alpha value is -0.0800. The van der Waals surface area contributed by atoms with Crippen LogP contribution in [-0.4, -0.2) is 36.2 Å². The van der Waals surface area contributed by atoms with Crippen LogP contribution in [0, 0.1) is 11.8 Å². The van der Waals surface area contributed by atoms with Crippen LogP contribution in [0.25, 0.3) is 0 Å². The minimum absolute atomic E-state index is 0.337. The van der Waals surface area contributed by atoms with Crippen LogP contribution in [0.1, 0.15) is 26.7 Å². The summed E-state index contributed by atoms with van der Waals surface area (Å²) >= 11 is 0. The lowest BCUT2D eigenvalue weighted by molar-refractivity contribution is 0.254. The standard InChI is InChI=1S/C10H21NO/c1-8-9(2)10(8)11(3)6-4-5-7-12/h8-10,12H,4-7H2,1-3H3. The Kier molecular flexibility index (Phi) is 3.53. The molecule has 0 aromatic heterocycles. The first-order chi connectivity index (χ1) is 5.68. The van der Waals surface area contributed by atoms with Crippen LogP contribution in [-0.2, 0) is 0 Å². The molecule has 2 heteroatoms. The van der Waals surface area contributed by atoms with Gasteiger partial charge in [-0.15, -0.1) is 0 Å². The topological polar surface area (TPSA) is 23.5 Å². The maximum atomic E-state index is 8.62. The number of rotatable bonds is 5. The van der Waals surface area contributed by atoms with Gasteiger partial charge in [-0.3, -0.25) is 0 Å². The first kappa shape index (κ1) is 10.0. The van der Waals surface area contributed by atoms with Crippen LogP contribution < -0.4 is 0 Å². The van der Waals surface area contributed by atoms with E-state index < -0.39 is 0 Å². The predicted octanol–water partition coefficient (Wildman–Crippen LogP) is 1.35. The number of nitrogens with zero attached hydrogens (tertiary/aromatic N) is 1. The highest BCUT2D eigenvalue weighted by Gasteiger charge is 2.44. The molecule has 0 aliphatic heterocycles. The number of aliphatic hydroxyl groups is 1. The zero-order valence-electron chi connectivity index (χ0n) is 8.45. The molecule has 0 radical (unpaired) electrons. The molecule has 1 N–H and O–H groups in total. The maximum absolute atomic E-state index is 8.62. The van der Waals surface area contributed by atoms with Crippen LogP contribution in [0.2, 0.25) is 0 Å². The van der Waals surface area contributed by atoms with Gasteiger partial charge in [-0.1, -0.05) is 13.8 Å². The molecular weight excluding hydrogens is 150 g/mol. The van der Waals surface area contributed by atoms with E-state index in [9.17, 15) is 0 Å². The lowest BCUT2D eigenvalue weighted by atomic mass is 10.3. The zero-order valence-corrected chi connectivity index (χ0v) is 8.45. The van der Waals surface area contributed by atoms with Gasteiger partial charge >= 0.3 is 0 Å². The fraction of sp³-hybridized carbons (Fsp3) is 1.00. The average Bonchev–Trinajstić information content (AvgIpc) is 2.61. The van der Waals surface area contributed by atoms with E-state index in [0.717, 1.165) is 37.3 Å². The molecule has 1 aliphatic rings. The lowest BCUT2D eigenvalue weighted by Crippen LogP contribution is -2.24. The Labute approximate surface area is 75.6 Å². The van der Waals surface area contributed by atoms with Crippen molar-refractivity contribution < 1.29 is 5.11 Å². The van der Waals surface area contributed by atoms with Gasteiger partial charge in [-0.25, -0.2) is 0 Å². The van der Waals surface area contributed by atoms with Crippen LogP contribution >= 0.6 is 0 Å². The molecule has 2 unspecified atom stereocenters. The molecule has 12 heavy (non-hydrogen) atoms. The van der Waals surface area contributed by atoms with Gasteiger partial charge in [0.15, 0.2) is 0 Å². The van der Waals surface area contributed by atoms with E-state index in [0.29, 0.717) is 6.61 Å². The van der Waals surface area contributed by atoms with Crippen molar-refractivity contribution in [2.45, 2.75) is 32.7 Å². The molecule has 0 heterocycles. The number of hydrogen-bond acceptors (Lipinski definition) is 2. The Balaban J connectivity index is 2.09. The van der Waals surface area contributed by atoms with E-state index >= 15 is 0 Å². The molecule has 2 atom stereocenters. The number of aliphatic hydroxyl groups excluding tert-OH is 1. The van der Waals surface area contributed by atoms with E-state index in [1.54, 1.807) is 0 Å². The summed E-state index contributed by atoms with van der Waals surface area (Å²) in [5.74, 6) is 1.76. The summed E-state index contributed by atoms with van der Waals surface area (Å²) in [6, 6.07) is 0.809. The smallest absolute Gasteiger partial charge is 0.0431 e. The predicted molar refractivity (Wildman–Crippen MR) is 51.1 cm³/mol. The van der Waals surface area contributed by atoms with Gasteiger partial charge in [0.25, 0.3) is 0 Å². The highest BCUT2D eigenvalue weighted by Crippen LogP contribution is 2.41. The van der Waals surface area contributed by atoms with Crippen molar-refractivity contribution in [3.05, 3.63) is 0 Å². The van der Waals surface area contributed by atoms with Gasteiger partial charge in [0.05, 0.1) is 0 Å². The second kappa shape index (κ2) is 4.24. The molecule has 0 spiro atoms. The highest BCUT2D eigenvalue weighted by molar-refractivity contribution is 4.98. The third-order valence-corrected chi connectivity index (χ3v) is 3.19. The molecule has 0 amide bonds. The molecule has 0 aromatic rings. The molecule has 1 rings (SSSR count). The summed E-state index contributed by atoms with van der Waals surface area (Å²) in [6.07, 6.45) is 2.07. The van der Waals surface area contributed by atoms with Crippen LogP contribution in [0.3, 0.4) is 0 Å². The van der Waals surface area contributed by atoms with Crippen LogP contribution in [0.15, 0.2) is 0 Å². The summed E-state index contributed by atoms with van der Waals surface area (Å²) in [5.41, 5.74) is 0. The van der Waals surface area contributed by atoms with Gasteiger partial charge < -0.3 is 10.0 Å². The van der Waals surface area contributed by atoms with Crippen molar-refractivity contribution in [2.24, 2.45) is 11.8 Å². The van der Waals surface area contributed by atoms with Crippen molar-refractivity contribution in [2.75, 3.05) is 20.2 Å². The summed E-state index contributed by atoms with van der Waals surface area (Å²) < 4.78 is 0. The molecule has 1 aliphatic carbocycles. The fourth-order valence-corrected chi connectivity index (χ4v) is 2.06. The first-order valence-corrected chi connectivity index (χ1v) is 4.99. The summed E-state index contributed by atoms with van der Waals surface area (Å²) in [4.78, 5) is 2.44. The maximum Gasteiger partial charge on any atom is 0.0431 e. The molecule has 72 valence electrons. The van der Waals surface area contributed by atoms with Crippen LogP contribution in [0.5, 0.6) is 0 Å². The van der Waals surface area contributed by atoms with Crippen molar-refractivity contribution in [3.8, 4) is 0 Å². The first-order valence-electron chi connectivity index (χ1n) is 4.99. The Bertz CT molecular complexity index is 130. The normalized spacial score (nSPS) is 34.2. The van der Waals surface area contributed by atoms with Gasteiger partial charge in [0.2, 0.25) is 0 Å². The largest absolute Gasteiger partial charge is 0.396 e. The van der Waals surface area contributed by atoms with Crippen molar-refractivity contribution in [1.29, 1.82) is 0 Å². The zero-order chi connectivity index (χ0) is 9.14. The van der Waals surface area contributed by atoms with Crippen molar-refractivity contribution in [1.82, 2.24) is 4.90 Å². The van der Waals surface area contributed by atoms with E-state index in [2.05, 4.69) is 25.8 Å². The van der Waals surface area contributed by atoms with Crippen molar-refractivity contribution in [3.63, 3.8) is 0 Å². The third-order valence-electron chi connectivity index (χ3n) is 3.19. The highest BCUT2D eigenvalue weighted by atomic mass is 16.2. The third kappa shape index (κ3) is 2.20. The quantitative estimate of drug-likeness (QED) is 0.631. The second-order valence-electron chi connectivity index (χ2n) is 4.12. The summed E-state index contributed by atoms with van der Waals surface area (Å²) in [7, 11) is 2.20. The van der Waals surface area contributed by atoms with Crippen molar-refractivity contribution >= 4 is 0 Å². The molecule has 1 fully saturated rings. The molecule has 0 aromatic carbocycles.